The molecule has 0 radical (unpaired) electrons. The normalized spacial score (nSPS) is 22.1. The van der Waals surface area contributed by atoms with E-state index in [1.54, 1.807) is 25.3 Å². The van der Waals surface area contributed by atoms with E-state index in [9.17, 15) is 19.2 Å². The van der Waals surface area contributed by atoms with Crippen molar-refractivity contribution in [1.82, 2.24) is 10.6 Å². The smallest absolute Gasteiger partial charge is 0.348 e. The van der Waals surface area contributed by atoms with Gasteiger partial charge in [0.05, 0.1) is 13.5 Å². The van der Waals surface area contributed by atoms with Gasteiger partial charge in [-0.1, -0.05) is 60.1 Å². The number of hydrogen-bond donors (Lipinski definition) is 2. The standard InChI is InChI=1S/C30H35BrN2O7/c1-19(2)17-26-30(37)40-25(21-9-11-22(31)12-10-21)5-4-6-27(34)33-24(29(36)32-16-15-28(35)39-26)18-20-7-13-23(38-3)14-8-20/h4,6-14,19,24-26H,5,15-18H2,1-3H3,(H,32,36)(H,33,34)/b6-4+/t24-,25-,26-/m0/s1. The number of nitrogens with one attached hydrogen (secondary N) is 2. The van der Waals surface area contributed by atoms with E-state index in [2.05, 4.69) is 26.6 Å². The minimum Gasteiger partial charge on any atom is -0.497 e. The van der Waals surface area contributed by atoms with Gasteiger partial charge in [-0.2, -0.15) is 0 Å². The fourth-order valence-corrected chi connectivity index (χ4v) is 4.38. The zero-order chi connectivity index (χ0) is 29.1. The van der Waals surface area contributed by atoms with Crippen LogP contribution in [0.5, 0.6) is 5.75 Å². The van der Waals surface area contributed by atoms with Crippen molar-refractivity contribution in [3.63, 3.8) is 0 Å². The van der Waals surface area contributed by atoms with Gasteiger partial charge in [0, 0.05) is 23.9 Å². The summed E-state index contributed by atoms with van der Waals surface area (Å²) in [5.41, 5.74) is 1.53. The summed E-state index contributed by atoms with van der Waals surface area (Å²) >= 11 is 3.40. The maximum absolute atomic E-state index is 13.1. The van der Waals surface area contributed by atoms with Crippen LogP contribution in [-0.4, -0.2) is 49.6 Å². The molecule has 1 aliphatic heterocycles. The summed E-state index contributed by atoms with van der Waals surface area (Å²) in [7, 11) is 1.56. The Hall–Kier alpha value is -3.66. The molecule has 0 fully saturated rings. The summed E-state index contributed by atoms with van der Waals surface area (Å²) in [6.07, 6.45) is 1.67. The molecule has 0 saturated carbocycles. The fraction of sp³-hybridized carbons (Fsp3) is 0.400. The van der Waals surface area contributed by atoms with Crippen LogP contribution in [0.15, 0.2) is 65.2 Å². The Morgan fingerprint density at radius 2 is 1.70 bits per heavy atom. The average Bonchev–Trinajstić information content (AvgIpc) is 2.91. The van der Waals surface area contributed by atoms with Crippen LogP contribution in [0.25, 0.3) is 0 Å². The van der Waals surface area contributed by atoms with E-state index in [4.69, 9.17) is 14.2 Å². The lowest BCUT2D eigenvalue weighted by Gasteiger charge is -2.23. The van der Waals surface area contributed by atoms with Crippen LogP contribution in [0.3, 0.4) is 0 Å². The third-order valence-electron chi connectivity index (χ3n) is 6.20. The maximum Gasteiger partial charge on any atom is 0.348 e. The summed E-state index contributed by atoms with van der Waals surface area (Å²) in [5, 5.41) is 5.42. The third kappa shape index (κ3) is 9.82. The quantitative estimate of drug-likeness (QED) is 0.468. The lowest BCUT2D eigenvalue weighted by atomic mass is 10.0. The fourth-order valence-electron chi connectivity index (χ4n) is 4.12. The Morgan fingerprint density at radius 1 is 1.00 bits per heavy atom. The van der Waals surface area contributed by atoms with Gasteiger partial charge in [-0.15, -0.1) is 0 Å². The zero-order valence-electron chi connectivity index (χ0n) is 22.9. The van der Waals surface area contributed by atoms with Crippen molar-refractivity contribution in [3.8, 4) is 5.75 Å². The molecule has 9 nitrogen and oxygen atoms in total. The number of ether oxygens (including phenoxy) is 3. The average molecular weight is 616 g/mol. The van der Waals surface area contributed by atoms with Crippen molar-refractivity contribution in [2.75, 3.05) is 13.7 Å². The molecule has 0 bridgehead atoms. The first-order valence-electron chi connectivity index (χ1n) is 13.2. The van der Waals surface area contributed by atoms with Crippen LogP contribution in [0, 0.1) is 5.92 Å². The molecule has 0 unspecified atom stereocenters. The highest BCUT2D eigenvalue weighted by Crippen LogP contribution is 2.26. The topological polar surface area (TPSA) is 120 Å². The monoisotopic (exact) mass is 614 g/mol. The summed E-state index contributed by atoms with van der Waals surface area (Å²) < 4.78 is 17.4. The van der Waals surface area contributed by atoms with Gasteiger partial charge in [0.15, 0.2) is 6.10 Å². The van der Waals surface area contributed by atoms with Gasteiger partial charge >= 0.3 is 11.9 Å². The number of benzene rings is 2. The van der Waals surface area contributed by atoms with Crippen LogP contribution in [-0.2, 0) is 35.1 Å². The number of cyclic esters (lactones) is 2. The highest BCUT2D eigenvalue weighted by atomic mass is 79.9. The molecular weight excluding hydrogens is 580 g/mol. The number of hydrogen-bond acceptors (Lipinski definition) is 7. The van der Waals surface area contributed by atoms with Crippen molar-refractivity contribution in [3.05, 3.63) is 76.3 Å². The molecule has 40 heavy (non-hydrogen) atoms. The van der Waals surface area contributed by atoms with Crippen LogP contribution in [0.4, 0.5) is 0 Å². The molecule has 3 rings (SSSR count). The van der Waals surface area contributed by atoms with Crippen LogP contribution < -0.4 is 15.4 Å². The van der Waals surface area contributed by atoms with E-state index in [1.807, 2.05) is 50.2 Å². The number of carbonyl (C=O) groups is 4. The number of methoxy groups -OCH3 is 1. The summed E-state index contributed by atoms with van der Waals surface area (Å²) in [5.74, 6) is -1.48. The molecule has 0 spiro atoms. The van der Waals surface area contributed by atoms with E-state index < -0.39 is 42.0 Å². The first-order chi connectivity index (χ1) is 19.1. The van der Waals surface area contributed by atoms with Gasteiger partial charge in [-0.3, -0.25) is 14.4 Å². The predicted octanol–water partition coefficient (Wildman–Crippen LogP) is 4.19. The molecular formula is C30H35BrN2O7. The number of carbonyl (C=O) groups excluding carboxylic acids is 4. The molecule has 2 amide bonds. The second-order valence-corrected chi connectivity index (χ2v) is 10.8. The van der Waals surface area contributed by atoms with Crippen LogP contribution >= 0.6 is 15.9 Å². The predicted molar refractivity (Wildman–Crippen MR) is 152 cm³/mol. The van der Waals surface area contributed by atoms with Gasteiger partial charge in [-0.05, 0) is 53.8 Å². The summed E-state index contributed by atoms with van der Waals surface area (Å²) in [6, 6.07) is 13.6. The van der Waals surface area contributed by atoms with Crippen molar-refractivity contribution >= 4 is 39.7 Å². The maximum atomic E-state index is 13.1. The van der Waals surface area contributed by atoms with Crippen molar-refractivity contribution in [1.29, 1.82) is 0 Å². The molecule has 214 valence electrons. The first kappa shape index (κ1) is 30.9. The first-order valence-corrected chi connectivity index (χ1v) is 14.0. The summed E-state index contributed by atoms with van der Waals surface area (Å²) in [4.78, 5) is 51.6. The highest BCUT2D eigenvalue weighted by Gasteiger charge is 2.29. The largest absolute Gasteiger partial charge is 0.497 e. The van der Waals surface area contributed by atoms with E-state index in [-0.39, 0.29) is 38.1 Å². The van der Waals surface area contributed by atoms with Crippen molar-refractivity contribution in [2.24, 2.45) is 5.92 Å². The van der Waals surface area contributed by atoms with E-state index >= 15 is 0 Å². The lowest BCUT2D eigenvalue weighted by molar-refractivity contribution is -0.173. The van der Waals surface area contributed by atoms with Gasteiger partial charge in [-0.25, -0.2) is 4.79 Å². The van der Waals surface area contributed by atoms with Crippen LogP contribution in [0.1, 0.15) is 50.3 Å². The molecule has 3 atom stereocenters. The molecule has 1 heterocycles. The van der Waals surface area contributed by atoms with Gasteiger partial charge in [0.2, 0.25) is 11.8 Å². The van der Waals surface area contributed by atoms with Crippen LogP contribution in [0.2, 0.25) is 0 Å². The Morgan fingerprint density at radius 3 is 2.35 bits per heavy atom. The Kier molecular flexibility index (Phi) is 11.7. The number of halogens is 1. The number of esters is 2. The molecule has 0 saturated heterocycles. The Bertz CT molecular complexity index is 1200. The summed E-state index contributed by atoms with van der Waals surface area (Å²) in [6.45, 7) is 3.81. The Labute approximate surface area is 242 Å². The van der Waals surface area contributed by atoms with Gasteiger partial charge in [0.25, 0.3) is 0 Å². The second-order valence-electron chi connectivity index (χ2n) is 9.88. The molecule has 10 heteroatoms. The highest BCUT2D eigenvalue weighted by molar-refractivity contribution is 9.10. The molecule has 2 aromatic rings. The van der Waals surface area contributed by atoms with Gasteiger partial charge < -0.3 is 24.8 Å². The van der Waals surface area contributed by atoms with Crippen molar-refractivity contribution in [2.45, 2.75) is 57.8 Å². The molecule has 0 aromatic heterocycles. The molecule has 1 aliphatic rings. The number of rotatable bonds is 6. The second kappa shape index (κ2) is 15.2. The SMILES string of the molecule is COc1ccc(C[C@@H]2NC(=O)/C=C/C[C@@H](c3ccc(Br)cc3)OC(=O)[C@H](CC(C)C)OC(=O)CCNC2=O)cc1. The lowest BCUT2D eigenvalue weighted by Crippen LogP contribution is -2.48. The van der Waals surface area contributed by atoms with Gasteiger partial charge in [0.1, 0.15) is 17.9 Å². The number of amides is 2. The Balaban J connectivity index is 1.86. The minimum atomic E-state index is -1.09. The zero-order valence-corrected chi connectivity index (χ0v) is 24.4. The van der Waals surface area contributed by atoms with E-state index in [0.717, 1.165) is 10.0 Å². The molecule has 2 aromatic carbocycles. The third-order valence-corrected chi connectivity index (χ3v) is 6.73. The van der Waals surface area contributed by atoms with Crippen molar-refractivity contribution < 1.29 is 33.4 Å². The van der Waals surface area contributed by atoms with E-state index in [1.165, 1.54) is 6.08 Å². The molecule has 2 N–H and O–H groups in total. The minimum absolute atomic E-state index is 0.0204. The molecule has 0 aliphatic carbocycles. The van der Waals surface area contributed by atoms with E-state index in [0.29, 0.717) is 11.3 Å².